The number of rotatable bonds is 21. The van der Waals surface area contributed by atoms with E-state index in [1.807, 2.05) is 127 Å². The van der Waals surface area contributed by atoms with Crippen molar-refractivity contribution in [1.29, 1.82) is 0 Å². The summed E-state index contributed by atoms with van der Waals surface area (Å²) in [4.78, 5) is 73.2. The fraction of sp³-hybridized carbons (Fsp3) is 0.341. The number of fused-ring (bicyclic) bond motifs is 5. The van der Waals surface area contributed by atoms with Gasteiger partial charge in [-0.05, 0) is 97.8 Å². The summed E-state index contributed by atoms with van der Waals surface area (Å²) in [5.41, 5.74) is 15.9. The summed E-state index contributed by atoms with van der Waals surface area (Å²) in [5.74, 6) is 2.29. The predicted molar refractivity (Wildman–Crippen MR) is 492 cm³/mol. The highest BCUT2D eigenvalue weighted by Gasteiger charge is 2.32. The number of hydrogen-bond acceptors (Lipinski definition) is 24. The third kappa shape index (κ3) is 21.4. The molecular formula is C85H90Cl6N24O10S3. The van der Waals surface area contributed by atoms with E-state index < -0.39 is 30.1 Å². The molecule has 43 heteroatoms. The summed E-state index contributed by atoms with van der Waals surface area (Å²) in [6, 6.07) is 33.3. The topological polar surface area (TPSA) is 348 Å². The van der Waals surface area contributed by atoms with Crippen LogP contribution in [0.1, 0.15) is 60.0 Å². The number of methoxy groups -OCH3 is 1. The molecule has 1 N–H and O–H groups in total. The van der Waals surface area contributed by atoms with Crippen LogP contribution in [0.3, 0.4) is 0 Å². The number of piperazine rings is 3. The van der Waals surface area contributed by atoms with Crippen molar-refractivity contribution in [3.05, 3.63) is 224 Å². The standard InChI is InChI=1S/C23H28ClN5O4S.C21H16Cl2N8O.C21H23Cl2N5O2S.C20H23ClN6O3S/c1-26(34(3,31)32)19-8-9-21-25-23(17-4-6-18(24)7-5-17)20(29(21)14-19)15-27-10-12-28(13-11-27)22(30)16-33-2;22-14-2-3-15(16(23)7-14)20-17(9-29-5-6-31-19(10-29)24-11-26-31)30-8-13(1-4-18(30)27-20)21-25-12-32-28-21;1-31(29,30)27-8-6-26(7-9-27)13-19-21(16-5-4-15(22)10-17(16)23)25-20-11-24-18(12-28(19)20)14-2-3-14;1-14(28)26-9-7-25(8-10-26)12-17-20(15-3-5-16(21)6-4-15)23-19-11-22-18(13-27(17)19)24-31(2,29)30/h4-9,14H,10-13,15-16H2,1-3H3;1-4,7-8,11-12H,5-6,9-10H2;4-5,10-12,14H,2-3,6-9,13H2,1H3;3-6,11,13,24H,7-10,12H2,1-2H3. The summed E-state index contributed by atoms with van der Waals surface area (Å²) in [6.45, 7) is 14.3. The third-order valence-electron chi connectivity index (χ3n) is 22.8. The van der Waals surface area contributed by atoms with E-state index in [1.165, 1.54) is 54.5 Å². The lowest BCUT2D eigenvalue weighted by Crippen LogP contribution is -2.49. The minimum Gasteiger partial charge on any atom is -0.375 e. The van der Waals surface area contributed by atoms with Crippen molar-refractivity contribution in [2.75, 3.05) is 134 Å². The van der Waals surface area contributed by atoms with Crippen LogP contribution in [0.2, 0.25) is 30.1 Å². The van der Waals surface area contributed by atoms with Gasteiger partial charge in [0.05, 0.1) is 117 Å². The fourth-order valence-electron chi connectivity index (χ4n) is 15.8. The van der Waals surface area contributed by atoms with E-state index in [2.05, 4.69) is 69.5 Å². The number of amides is 2. The molecule has 14 heterocycles. The summed E-state index contributed by atoms with van der Waals surface area (Å²) < 4.78 is 96.2. The Kier molecular flexibility index (Phi) is 27.6. The first-order valence-electron chi connectivity index (χ1n) is 40.9. The molecule has 14 aromatic rings. The highest BCUT2D eigenvalue weighted by molar-refractivity contribution is 7.92. The molecule has 0 radical (unpaired) electrons. The smallest absolute Gasteiger partial charge is 0.248 e. The lowest BCUT2D eigenvalue weighted by atomic mass is 10.1. The van der Waals surface area contributed by atoms with Crippen LogP contribution >= 0.6 is 69.6 Å². The molecule has 2 amide bonds. The number of nitrogens with one attached hydrogen (secondary N) is 1. The van der Waals surface area contributed by atoms with E-state index >= 15 is 0 Å². The summed E-state index contributed by atoms with van der Waals surface area (Å²) in [5, 5.41) is 11.8. The highest BCUT2D eigenvalue weighted by Crippen LogP contribution is 2.41. The number of halogens is 6. The van der Waals surface area contributed by atoms with Crippen molar-refractivity contribution >= 4 is 146 Å². The van der Waals surface area contributed by atoms with Gasteiger partial charge in [-0.15, -0.1) is 0 Å². The second-order valence-electron chi connectivity index (χ2n) is 31.7. The van der Waals surface area contributed by atoms with Gasteiger partial charge in [0, 0.05) is 205 Å². The number of aromatic nitrogens is 15. The number of carbonyl (C=O) groups excluding carboxylic acids is 2. The van der Waals surface area contributed by atoms with Crippen molar-refractivity contribution in [2.45, 2.75) is 65.0 Å². The SMILES string of the molecule is CC(=O)N1CCN(Cc2c(-c3ccc(Cl)cc3)nc3cnc(NS(C)(=O)=O)cn23)CC1.COCC(=O)N1CCN(Cc2c(-c3ccc(Cl)cc3)nc3ccc(N(C)S(C)(=O)=O)cn23)CC1.CS(=O)(=O)N1CCN(Cc2c(-c3ccc(Cl)cc3Cl)nc3cnc(C4CC4)cn23)CC1.Clc1ccc(-c2nc3ccc(-c4ncon4)cn3c2CN2CCn3ncnc3C2)c(Cl)c1. The van der Waals surface area contributed by atoms with Crippen LogP contribution in [0, 0.1) is 0 Å². The van der Waals surface area contributed by atoms with Crippen LogP contribution in [0.15, 0.2) is 164 Å². The van der Waals surface area contributed by atoms with Gasteiger partial charge < -0.3 is 23.5 Å². The zero-order valence-electron chi connectivity index (χ0n) is 70.5. The normalized spacial score (nSPS) is 15.8. The lowest BCUT2D eigenvalue weighted by molar-refractivity contribution is -0.137. The van der Waals surface area contributed by atoms with Gasteiger partial charge in [0.25, 0.3) is 0 Å². The summed E-state index contributed by atoms with van der Waals surface area (Å²) in [7, 11) is -6.98. The average Bonchev–Trinajstić information content (AvgIpc) is 1.63. The first-order valence-corrected chi connectivity index (χ1v) is 48.8. The van der Waals surface area contributed by atoms with E-state index in [1.54, 1.807) is 50.0 Å². The Morgan fingerprint density at radius 1 is 0.508 bits per heavy atom. The number of anilines is 2. The molecule has 34 nitrogen and oxygen atoms in total. The maximum absolute atomic E-state index is 12.1. The van der Waals surface area contributed by atoms with E-state index in [4.69, 9.17) is 98.8 Å². The zero-order chi connectivity index (χ0) is 90.0. The first kappa shape index (κ1) is 91.0. The van der Waals surface area contributed by atoms with Gasteiger partial charge in [-0.1, -0.05) is 99.0 Å². The van der Waals surface area contributed by atoms with Crippen LogP contribution in [0.25, 0.3) is 79.0 Å². The van der Waals surface area contributed by atoms with E-state index in [-0.39, 0.29) is 24.2 Å². The largest absolute Gasteiger partial charge is 0.375 e. The monoisotopic (exact) mass is 1910 g/mol. The molecule has 1 saturated carbocycles. The zero-order valence-corrected chi connectivity index (χ0v) is 77.5. The number of benzene rings is 4. The summed E-state index contributed by atoms with van der Waals surface area (Å²) >= 11 is 37.5. The Morgan fingerprint density at radius 3 is 1.51 bits per heavy atom. The Morgan fingerprint density at radius 2 is 0.984 bits per heavy atom. The minimum atomic E-state index is -3.46. The third-order valence-corrected chi connectivity index (χ3v) is 27.5. The molecule has 0 bridgehead atoms. The van der Waals surface area contributed by atoms with Gasteiger partial charge in [0.1, 0.15) is 30.1 Å². The summed E-state index contributed by atoms with van der Waals surface area (Å²) in [6.07, 6.45) is 19.7. The Balaban J connectivity index is 0.000000125. The minimum absolute atomic E-state index is 0.00717. The van der Waals surface area contributed by atoms with Gasteiger partial charge in [0.15, 0.2) is 17.1 Å². The van der Waals surface area contributed by atoms with Crippen molar-refractivity contribution in [1.82, 2.24) is 106 Å². The quantitative estimate of drug-likeness (QED) is 0.0698. The molecule has 4 fully saturated rings. The van der Waals surface area contributed by atoms with Crippen molar-refractivity contribution in [3.8, 4) is 56.4 Å². The number of sulfonamides is 3. The number of imidazole rings is 4. The van der Waals surface area contributed by atoms with Crippen LogP contribution in [-0.4, -0.2) is 268 Å². The molecule has 4 aromatic carbocycles. The molecule has 3 saturated heterocycles. The highest BCUT2D eigenvalue weighted by atomic mass is 35.5. The average molecular weight is 1920 g/mol. The van der Waals surface area contributed by atoms with E-state index in [9.17, 15) is 34.8 Å². The van der Waals surface area contributed by atoms with Crippen LogP contribution < -0.4 is 9.03 Å². The molecule has 0 atom stereocenters. The number of nitrogens with zero attached hydrogens (tertiary/aromatic N) is 23. The molecule has 0 unspecified atom stereocenters. The molecule has 19 rings (SSSR count). The van der Waals surface area contributed by atoms with Gasteiger partial charge >= 0.3 is 0 Å². The number of pyridine rings is 2. The van der Waals surface area contributed by atoms with Crippen LogP contribution in [-0.2, 0) is 83.7 Å². The fourth-order valence-corrected chi connectivity index (χ4v) is 18.9. The molecule has 5 aliphatic rings. The Hall–Kier alpha value is -10.3. The maximum atomic E-state index is 12.1. The Labute approximate surface area is 768 Å². The molecule has 128 heavy (non-hydrogen) atoms. The molecule has 4 aliphatic heterocycles. The number of ether oxygens (including phenoxy) is 1. The second-order valence-corrected chi connectivity index (χ2v) is 40.1. The first-order chi connectivity index (χ1) is 61.3. The van der Waals surface area contributed by atoms with Crippen molar-refractivity contribution in [3.63, 3.8) is 0 Å². The van der Waals surface area contributed by atoms with Gasteiger partial charge in [-0.3, -0.25) is 56.4 Å². The van der Waals surface area contributed by atoms with Crippen LogP contribution in [0.5, 0.6) is 0 Å². The van der Waals surface area contributed by atoms with Gasteiger partial charge in [0.2, 0.25) is 54.1 Å². The van der Waals surface area contributed by atoms with E-state index in [0.717, 1.165) is 134 Å². The molecule has 0 spiro atoms. The lowest BCUT2D eigenvalue weighted by Gasteiger charge is -2.34. The molecule has 1 aliphatic carbocycles. The van der Waals surface area contributed by atoms with Crippen molar-refractivity contribution in [2.24, 2.45) is 0 Å². The second kappa shape index (κ2) is 38.8. The van der Waals surface area contributed by atoms with Crippen LogP contribution in [0.4, 0.5) is 11.5 Å². The van der Waals surface area contributed by atoms with Gasteiger partial charge in [-0.25, -0.2) is 59.8 Å². The van der Waals surface area contributed by atoms with Crippen molar-refractivity contribution < 1.29 is 44.1 Å². The maximum Gasteiger partial charge on any atom is 0.248 e. The number of hydrogen-bond donors (Lipinski definition) is 1. The van der Waals surface area contributed by atoms with E-state index in [0.29, 0.717) is 151 Å². The molecule has 10 aromatic heterocycles. The Bertz CT molecular complexity index is 6800. The number of carbonyl (C=O) groups is 2. The molecular weight excluding hydrogens is 1830 g/mol. The predicted octanol–water partition coefficient (Wildman–Crippen LogP) is 12.0. The molecule has 670 valence electrons. The van der Waals surface area contributed by atoms with Gasteiger partial charge in [-0.2, -0.15) is 14.4 Å².